The SMILES string of the molecule is N#[C][Cu]([C]#N)([C]#N)([C]#N)[C]#N.[Cu].[KH]. The van der Waals surface area contributed by atoms with Crippen LogP contribution in [0.15, 0.2) is 0 Å². The van der Waals surface area contributed by atoms with Gasteiger partial charge in [0.1, 0.15) is 0 Å². The summed E-state index contributed by atoms with van der Waals surface area (Å²) < 4.78 is 0. The Kier molecular flexibility index (Phi) is 9.50. The molecule has 0 aliphatic carbocycles. The van der Waals surface area contributed by atoms with Crippen molar-refractivity contribution in [2.75, 3.05) is 0 Å². The van der Waals surface area contributed by atoms with Crippen LogP contribution in [0.2, 0.25) is 0 Å². The predicted molar refractivity (Wildman–Crippen MR) is 35.2 cm³/mol. The molecule has 0 rings (SSSR count). The summed E-state index contributed by atoms with van der Waals surface area (Å²) in [5.74, 6) is 0. The Morgan fingerprint density at radius 1 is 0.615 bits per heavy atom. The molecule has 0 spiro atoms. The Bertz CT molecular complexity index is 298. The van der Waals surface area contributed by atoms with Crippen molar-refractivity contribution >= 4 is 51.4 Å². The molecule has 0 atom stereocenters. The van der Waals surface area contributed by atoms with Crippen molar-refractivity contribution in [1.29, 1.82) is 26.3 Å². The molecule has 5 nitrogen and oxygen atoms in total. The summed E-state index contributed by atoms with van der Waals surface area (Å²) in [4.78, 5) is 5.94. The van der Waals surface area contributed by atoms with E-state index in [-0.39, 0.29) is 68.5 Å². The van der Waals surface area contributed by atoms with Gasteiger partial charge in [-0.25, -0.2) is 0 Å². The third-order valence-corrected chi connectivity index (χ3v) is 2.78. The fourth-order valence-electron chi connectivity index (χ4n) is 0.151. The van der Waals surface area contributed by atoms with Gasteiger partial charge >= 0.3 is 114 Å². The second kappa shape index (κ2) is 6.56. The van der Waals surface area contributed by atoms with Crippen LogP contribution in [0, 0.1) is 51.1 Å². The zero-order valence-corrected chi connectivity index (χ0v) is 7.22. The van der Waals surface area contributed by atoms with Crippen LogP contribution in [0.5, 0.6) is 0 Å². The van der Waals surface area contributed by atoms with Crippen LogP contribution in [0.1, 0.15) is 0 Å². The first-order valence-electron chi connectivity index (χ1n) is 1.87. The molecule has 0 aromatic rings. The first-order valence-corrected chi connectivity index (χ1v) is 4.23. The van der Waals surface area contributed by atoms with E-state index in [4.69, 9.17) is 26.3 Å². The number of nitrogens with zero attached hydrogens (tertiary/aromatic N) is 5. The molecule has 0 aliphatic heterocycles. The number of hydrogen-bond donors (Lipinski definition) is 0. The molecule has 0 unspecified atom stereocenters. The molecule has 13 heavy (non-hydrogen) atoms. The molecule has 0 saturated carbocycles. The molecule has 69 valence electrons. The molecule has 8 heteroatoms. The van der Waals surface area contributed by atoms with E-state index in [1.165, 1.54) is 24.8 Å². The maximum absolute atomic E-state index is 8.33. The fourth-order valence-corrected chi connectivity index (χ4v) is 0.622. The summed E-state index contributed by atoms with van der Waals surface area (Å²) in [6.45, 7) is 0. The second-order valence-electron chi connectivity index (χ2n) is 1.09. The van der Waals surface area contributed by atoms with E-state index in [0.29, 0.717) is 0 Å². The Morgan fingerprint density at radius 3 is 0.769 bits per heavy atom. The van der Waals surface area contributed by atoms with Gasteiger partial charge in [-0.05, 0) is 0 Å². The summed E-state index contributed by atoms with van der Waals surface area (Å²) in [6.07, 6.45) is 0. The van der Waals surface area contributed by atoms with E-state index in [9.17, 15) is 0 Å². The van der Waals surface area contributed by atoms with E-state index >= 15 is 0 Å². The van der Waals surface area contributed by atoms with E-state index in [1.807, 2.05) is 0 Å². The van der Waals surface area contributed by atoms with Crippen LogP contribution in [0.3, 0.4) is 0 Å². The Morgan fingerprint density at radius 2 is 0.769 bits per heavy atom. The number of rotatable bonds is 0. The molecule has 1 radical (unpaired) electrons. The van der Waals surface area contributed by atoms with Crippen molar-refractivity contribution < 1.29 is 28.9 Å². The normalized spacial score (nSPS) is 9.62. The monoisotopic (exact) mass is 296 g/mol. The quantitative estimate of drug-likeness (QED) is 0.555. The van der Waals surface area contributed by atoms with Crippen LogP contribution in [0.25, 0.3) is 0 Å². The standard InChI is InChI=1S/5CN.2Cu.K.H/c5*1-2;;;;. The Labute approximate surface area is 129 Å². The van der Waals surface area contributed by atoms with Gasteiger partial charge in [-0.2, -0.15) is 0 Å². The van der Waals surface area contributed by atoms with Crippen molar-refractivity contribution in [2.24, 2.45) is 0 Å². The molecule has 0 aromatic heterocycles. The van der Waals surface area contributed by atoms with E-state index in [2.05, 4.69) is 0 Å². The maximum atomic E-state index is 8.33. The fraction of sp³-hybridized carbons (Fsp3) is 0. The van der Waals surface area contributed by atoms with Gasteiger partial charge in [-0.1, -0.05) is 0 Å². The van der Waals surface area contributed by atoms with Crippen LogP contribution < -0.4 is 0 Å². The number of nitriles is 5. The van der Waals surface area contributed by atoms with Crippen molar-refractivity contribution in [1.82, 2.24) is 0 Å². The Balaban J connectivity index is -0.000000500. The molecular formula is C5HCu2KN5. The van der Waals surface area contributed by atoms with Gasteiger partial charge < -0.3 is 0 Å². The zero-order chi connectivity index (χ0) is 8.98. The third-order valence-electron chi connectivity index (χ3n) is 0.674. The van der Waals surface area contributed by atoms with E-state index in [1.54, 1.807) is 0 Å². The second-order valence-corrected chi connectivity index (χ2v) is 4.50. The molecule has 0 fully saturated rings. The van der Waals surface area contributed by atoms with Gasteiger partial charge in [0.2, 0.25) is 0 Å². The van der Waals surface area contributed by atoms with E-state index < -0.39 is 11.8 Å². The first-order chi connectivity index (χ1) is 5.12. The van der Waals surface area contributed by atoms with Crippen molar-refractivity contribution in [2.45, 2.75) is 0 Å². The molecule has 0 aromatic carbocycles. The molecule has 0 amide bonds. The summed E-state index contributed by atoms with van der Waals surface area (Å²) in [6, 6.07) is 0. The minimum atomic E-state index is -4.35. The summed E-state index contributed by atoms with van der Waals surface area (Å²) >= 11 is -4.35. The molecule has 0 aliphatic rings. The van der Waals surface area contributed by atoms with Gasteiger partial charge in [0, 0.05) is 17.1 Å². The topological polar surface area (TPSA) is 119 Å². The first kappa shape index (κ1) is 18.8. The van der Waals surface area contributed by atoms with Crippen molar-refractivity contribution in [3.05, 3.63) is 0 Å². The molecule has 0 heterocycles. The van der Waals surface area contributed by atoms with Gasteiger partial charge in [0.25, 0.3) is 0 Å². The summed E-state index contributed by atoms with van der Waals surface area (Å²) in [5.41, 5.74) is 0. The van der Waals surface area contributed by atoms with Gasteiger partial charge in [0.15, 0.2) is 0 Å². The molecular weight excluding hydrogens is 296 g/mol. The average molecular weight is 297 g/mol. The number of hydrogen-bond acceptors (Lipinski definition) is 5. The molecule has 0 saturated heterocycles. The van der Waals surface area contributed by atoms with Crippen LogP contribution >= 0.6 is 0 Å². The summed E-state index contributed by atoms with van der Waals surface area (Å²) in [7, 11) is 0. The molecule has 0 N–H and O–H groups in total. The molecule has 0 bridgehead atoms. The van der Waals surface area contributed by atoms with Crippen molar-refractivity contribution in [3.63, 3.8) is 0 Å². The predicted octanol–water partition coefficient (Wildman–Crippen LogP) is -0.570. The summed E-state index contributed by atoms with van der Waals surface area (Å²) in [5, 5.41) is 41.7. The Hall–Kier alpha value is 0.125. The van der Waals surface area contributed by atoms with Crippen molar-refractivity contribution in [3.8, 4) is 24.8 Å². The third kappa shape index (κ3) is 3.07. The van der Waals surface area contributed by atoms with Gasteiger partial charge in [0.05, 0.1) is 0 Å². The van der Waals surface area contributed by atoms with Crippen LogP contribution in [-0.2, 0) is 28.9 Å². The van der Waals surface area contributed by atoms with Crippen LogP contribution in [0.4, 0.5) is 0 Å². The minimum absolute atomic E-state index is 0. The average Bonchev–Trinajstić information content (AvgIpc) is 2.12. The van der Waals surface area contributed by atoms with E-state index in [0.717, 1.165) is 0 Å². The van der Waals surface area contributed by atoms with Gasteiger partial charge in [-0.15, -0.1) is 0 Å². The van der Waals surface area contributed by atoms with Gasteiger partial charge in [-0.3, -0.25) is 0 Å². The van der Waals surface area contributed by atoms with Crippen LogP contribution in [-0.4, -0.2) is 51.4 Å². The zero-order valence-electron chi connectivity index (χ0n) is 5.34.